The topological polar surface area (TPSA) is 81.7 Å². The number of carbonyl (C=O) groups excluding carboxylic acids is 1. The second-order valence-corrected chi connectivity index (χ2v) is 7.30. The van der Waals surface area contributed by atoms with Crippen LogP contribution in [0.2, 0.25) is 5.02 Å². The van der Waals surface area contributed by atoms with Gasteiger partial charge in [0, 0.05) is 11.6 Å². The van der Waals surface area contributed by atoms with Crippen molar-refractivity contribution in [3.63, 3.8) is 0 Å². The van der Waals surface area contributed by atoms with Gasteiger partial charge < -0.3 is 14.8 Å². The molecular formula is C16H14ClF2NO5S. The largest absolute Gasteiger partial charge is 0.495 e. The highest BCUT2D eigenvalue weighted by Gasteiger charge is 2.26. The van der Waals surface area contributed by atoms with Gasteiger partial charge in [-0.3, -0.25) is 4.79 Å². The average Bonchev–Trinajstić information content (AvgIpc) is 2.61. The van der Waals surface area contributed by atoms with Gasteiger partial charge in [-0.1, -0.05) is 11.6 Å². The van der Waals surface area contributed by atoms with E-state index >= 15 is 0 Å². The van der Waals surface area contributed by atoms with Gasteiger partial charge in [-0.25, -0.2) is 8.42 Å². The van der Waals surface area contributed by atoms with Crippen LogP contribution < -0.4 is 14.8 Å². The van der Waals surface area contributed by atoms with Crippen LogP contribution in [0.1, 0.15) is 10.4 Å². The highest BCUT2D eigenvalue weighted by atomic mass is 35.5. The van der Waals surface area contributed by atoms with Crippen LogP contribution in [0, 0.1) is 0 Å². The number of benzene rings is 2. The lowest BCUT2D eigenvalue weighted by Crippen LogP contribution is -2.14. The van der Waals surface area contributed by atoms with Gasteiger partial charge in [0.05, 0.1) is 29.8 Å². The predicted molar refractivity (Wildman–Crippen MR) is 92.1 cm³/mol. The number of sulfone groups is 1. The molecule has 2 rings (SSSR count). The molecule has 0 heterocycles. The van der Waals surface area contributed by atoms with Crippen LogP contribution >= 0.6 is 11.6 Å². The molecule has 140 valence electrons. The zero-order chi connectivity index (χ0) is 19.5. The van der Waals surface area contributed by atoms with Crippen molar-refractivity contribution < 1.29 is 31.5 Å². The fourth-order valence-electron chi connectivity index (χ4n) is 2.05. The summed E-state index contributed by atoms with van der Waals surface area (Å²) < 4.78 is 58.0. The Morgan fingerprint density at radius 1 is 1.08 bits per heavy atom. The molecule has 0 unspecified atom stereocenters. The highest BCUT2D eigenvalue weighted by Crippen LogP contribution is 2.36. The summed E-state index contributed by atoms with van der Waals surface area (Å²) in [6, 6.07) is 7.04. The Hall–Kier alpha value is -2.39. The fourth-order valence-corrected chi connectivity index (χ4v) is 3.01. The van der Waals surface area contributed by atoms with E-state index in [0.29, 0.717) is 5.75 Å². The number of nitrogens with one attached hydrogen (secondary N) is 1. The second kappa shape index (κ2) is 7.88. The minimum Gasteiger partial charge on any atom is -0.495 e. The van der Waals surface area contributed by atoms with Crippen LogP contribution in [0.4, 0.5) is 14.5 Å². The SMILES string of the molecule is COc1cc(OC)c(NC(=O)c2ccc(S(=O)(=O)C(F)F)cc2)cc1Cl. The van der Waals surface area contributed by atoms with E-state index in [1.165, 1.54) is 26.4 Å². The first-order valence-corrected chi connectivity index (χ1v) is 8.98. The molecule has 0 saturated heterocycles. The minimum atomic E-state index is -4.72. The highest BCUT2D eigenvalue weighted by molar-refractivity contribution is 7.91. The first-order chi connectivity index (χ1) is 12.2. The van der Waals surface area contributed by atoms with E-state index in [1.807, 2.05) is 0 Å². The van der Waals surface area contributed by atoms with Crippen molar-refractivity contribution in [2.24, 2.45) is 0 Å². The van der Waals surface area contributed by atoms with Crippen molar-refractivity contribution in [1.29, 1.82) is 0 Å². The fraction of sp³-hybridized carbons (Fsp3) is 0.188. The monoisotopic (exact) mass is 405 g/mol. The van der Waals surface area contributed by atoms with Crippen LogP contribution in [0.5, 0.6) is 11.5 Å². The average molecular weight is 406 g/mol. The van der Waals surface area contributed by atoms with Gasteiger partial charge in [0.2, 0.25) is 9.84 Å². The molecule has 0 aliphatic heterocycles. The molecule has 0 fully saturated rings. The second-order valence-electron chi connectivity index (χ2n) is 4.97. The number of hydrogen-bond acceptors (Lipinski definition) is 5. The Morgan fingerprint density at radius 2 is 1.65 bits per heavy atom. The number of ether oxygens (including phenoxy) is 2. The normalized spacial score (nSPS) is 11.3. The molecule has 6 nitrogen and oxygen atoms in total. The molecule has 0 radical (unpaired) electrons. The number of carbonyl (C=O) groups is 1. The summed E-state index contributed by atoms with van der Waals surface area (Å²) in [5.74, 6) is -3.50. The molecule has 0 aliphatic carbocycles. The molecule has 0 bridgehead atoms. The summed E-state index contributed by atoms with van der Waals surface area (Å²) in [6.45, 7) is 0. The third kappa shape index (κ3) is 4.05. The molecule has 2 aromatic carbocycles. The van der Waals surface area contributed by atoms with Gasteiger partial charge in [-0.15, -0.1) is 0 Å². The molecule has 1 N–H and O–H groups in total. The van der Waals surface area contributed by atoms with Crippen molar-refractivity contribution in [3.05, 3.63) is 47.0 Å². The van der Waals surface area contributed by atoms with Crippen LogP contribution in [0.25, 0.3) is 0 Å². The number of amides is 1. The lowest BCUT2D eigenvalue weighted by molar-refractivity contribution is 0.102. The Bertz CT molecular complexity index is 917. The Balaban J connectivity index is 2.27. The van der Waals surface area contributed by atoms with Gasteiger partial charge >= 0.3 is 5.76 Å². The van der Waals surface area contributed by atoms with E-state index in [2.05, 4.69) is 5.32 Å². The summed E-state index contributed by atoms with van der Waals surface area (Å²) in [5.41, 5.74) is 0.319. The summed E-state index contributed by atoms with van der Waals surface area (Å²) in [7, 11) is -1.90. The van der Waals surface area contributed by atoms with E-state index in [0.717, 1.165) is 24.3 Å². The third-order valence-corrected chi connectivity index (χ3v) is 5.10. The van der Waals surface area contributed by atoms with E-state index in [-0.39, 0.29) is 22.0 Å². The number of hydrogen-bond donors (Lipinski definition) is 1. The Kier molecular flexibility index (Phi) is 6.04. The number of rotatable bonds is 6. The molecule has 1 amide bonds. The maximum absolute atomic E-state index is 12.5. The van der Waals surface area contributed by atoms with Crippen molar-refractivity contribution in [3.8, 4) is 11.5 Å². The molecule has 0 saturated carbocycles. The van der Waals surface area contributed by atoms with Gasteiger partial charge in [0.25, 0.3) is 5.91 Å². The predicted octanol–water partition coefficient (Wildman–Crippen LogP) is 3.61. The van der Waals surface area contributed by atoms with E-state index in [9.17, 15) is 22.0 Å². The molecule has 2 aromatic rings. The maximum Gasteiger partial charge on any atom is 0.341 e. The first kappa shape index (κ1) is 19.9. The molecule has 26 heavy (non-hydrogen) atoms. The number of methoxy groups -OCH3 is 2. The first-order valence-electron chi connectivity index (χ1n) is 7.05. The van der Waals surface area contributed by atoms with Gasteiger partial charge in [-0.2, -0.15) is 8.78 Å². The Morgan fingerprint density at radius 3 is 2.15 bits per heavy atom. The summed E-state index contributed by atoms with van der Waals surface area (Å²) in [6.07, 6.45) is 0. The van der Waals surface area contributed by atoms with E-state index in [1.54, 1.807) is 0 Å². The molecule has 0 spiro atoms. The van der Waals surface area contributed by atoms with Gasteiger partial charge in [-0.05, 0) is 30.3 Å². The summed E-state index contributed by atoms with van der Waals surface area (Å²) >= 11 is 6.02. The molecular weight excluding hydrogens is 392 g/mol. The molecule has 0 atom stereocenters. The molecule has 10 heteroatoms. The van der Waals surface area contributed by atoms with Crippen molar-refractivity contribution >= 4 is 33.0 Å². The van der Waals surface area contributed by atoms with Gasteiger partial charge in [0.1, 0.15) is 11.5 Å². The standard InChI is InChI=1S/C16H14ClF2NO5S/c1-24-13-8-14(25-2)12(7-11(13)17)20-15(21)9-3-5-10(6-4-9)26(22,23)16(18)19/h3-8,16H,1-2H3,(H,20,21). The van der Waals surface area contributed by atoms with Crippen molar-refractivity contribution in [2.75, 3.05) is 19.5 Å². The quantitative estimate of drug-likeness (QED) is 0.794. The van der Waals surface area contributed by atoms with E-state index < -0.39 is 26.4 Å². The van der Waals surface area contributed by atoms with Crippen LogP contribution in [-0.4, -0.2) is 34.3 Å². The number of anilines is 1. The molecule has 0 aliphatic rings. The van der Waals surface area contributed by atoms with Crippen LogP contribution in [0.3, 0.4) is 0 Å². The van der Waals surface area contributed by atoms with Crippen LogP contribution in [0.15, 0.2) is 41.3 Å². The number of halogens is 3. The van der Waals surface area contributed by atoms with Gasteiger partial charge in [0.15, 0.2) is 0 Å². The van der Waals surface area contributed by atoms with Crippen molar-refractivity contribution in [1.82, 2.24) is 0 Å². The lowest BCUT2D eigenvalue weighted by Gasteiger charge is -2.13. The smallest absolute Gasteiger partial charge is 0.341 e. The summed E-state index contributed by atoms with van der Waals surface area (Å²) in [5, 5.41) is 2.79. The zero-order valence-electron chi connectivity index (χ0n) is 13.6. The zero-order valence-corrected chi connectivity index (χ0v) is 15.2. The van der Waals surface area contributed by atoms with Crippen molar-refractivity contribution in [2.45, 2.75) is 10.7 Å². The Labute approximate surface area is 153 Å². The number of alkyl halides is 2. The minimum absolute atomic E-state index is 0.0622. The third-order valence-electron chi connectivity index (χ3n) is 3.40. The molecule has 0 aromatic heterocycles. The van der Waals surface area contributed by atoms with E-state index in [4.69, 9.17) is 21.1 Å². The maximum atomic E-state index is 12.5. The lowest BCUT2D eigenvalue weighted by atomic mass is 10.2. The van der Waals surface area contributed by atoms with Crippen LogP contribution in [-0.2, 0) is 9.84 Å². The summed E-state index contributed by atoms with van der Waals surface area (Å²) in [4.78, 5) is 11.7.